The number of aromatic nitrogens is 3. The molecule has 3 heterocycles. The van der Waals surface area contributed by atoms with E-state index in [1.54, 1.807) is 0 Å². The number of fused-ring (bicyclic) bond motifs is 1. The molecule has 1 aliphatic heterocycles. The highest BCUT2D eigenvalue weighted by Gasteiger charge is 2.19. The van der Waals surface area contributed by atoms with E-state index in [1.165, 1.54) is 12.8 Å². The molecular weight excluding hydrogens is 214 g/mol. The topological polar surface area (TPSA) is 70.8 Å². The highest BCUT2D eigenvalue weighted by molar-refractivity contribution is 5.88. The van der Waals surface area contributed by atoms with Gasteiger partial charge in [-0.05, 0) is 24.8 Å². The number of anilines is 2. The summed E-state index contributed by atoms with van der Waals surface area (Å²) in [4.78, 5) is 14.0. The summed E-state index contributed by atoms with van der Waals surface area (Å²) >= 11 is 0. The van der Waals surface area contributed by atoms with E-state index in [-0.39, 0.29) is 0 Å². The van der Waals surface area contributed by atoms with E-state index in [0.29, 0.717) is 5.95 Å². The van der Waals surface area contributed by atoms with Gasteiger partial charge in [-0.1, -0.05) is 6.92 Å². The van der Waals surface area contributed by atoms with Gasteiger partial charge in [0.25, 0.3) is 0 Å². The summed E-state index contributed by atoms with van der Waals surface area (Å²) in [6.45, 7) is 4.41. The molecule has 2 aromatic heterocycles. The maximum atomic E-state index is 5.75. The van der Waals surface area contributed by atoms with Gasteiger partial charge in [0.05, 0.1) is 5.39 Å². The molecule has 0 radical (unpaired) electrons. The van der Waals surface area contributed by atoms with E-state index in [9.17, 15) is 0 Å². The van der Waals surface area contributed by atoms with Crippen molar-refractivity contribution in [2.45, 2.75) is 19.8 Å². The number of nitrogens with one attached hydrogen (secondary N) is 1. The average Bonchev–Trinajstić information content (AvgIpc) is 2.77. The minimum atomic E-state index is 0.341. The number of nitrogen functional groups attached to an aromatic ring is 1. The van der Waals surface area contributed by atoms with Crippen molar-refractivity contribution in [3.05, 3.63) is 12.3 Å². The summed E-state index contributed by atoms with van der Waals surface area (Å²) in [6, 6.07) is 2.02. The first-order chi connectivity index (χ1) is 8.24. The van der Waals surface area contributed by atoms with E-state index in [2.05, 4.69) is 26.8 Å². The Labute approximate surface area is 100 Å². The largest absolute Gasteiger partial charge is 0.368 e. The maximum absolute atomic E-state index is 5.75. The molecule has 5 nitrogen and oxygen atoms in total. The van der Waals surface area contributed by atoms with Gasteiger partial charge < -0.3 is 15.6 Å². The molecule has 1 aliphatic rings. The van der Waals surface area contributed by atoms with Gasteiger partial charge in [0.2, 0.25) is 5.95 Å². The normalized spacial score (nSPS) is 17.8. The van der Waals surface area contributed by atoms with Crippen LogP contribution in [0.3, 0.4) is 0 Å². The summed E-state index contributed by atoms with van der Waals surface area (Å²) in [7, 11) is 0. The van der Waals surface area contributed by atoms with Crippen LogP contribution in [-0.2, 0) is 0 Å². The first-order valence-corrected chi connectivity index (χ1v) is 6.09. The second kappa shape index (κ2) is 3.91. The SMILES string of the molecule is CC1CCN(c2nc(N)nc3[nH]ccc23)CC1. The molecule has 0 saturated carbocycles. The lowest BCUT2D eigenvalue weighted by Gasteiger charge is -2.31. The average molecular weight is 231 g/mol. The summed E-state index contributed by atoms with van der Waals surface area (Å²) in [5.74, 6) is 2.13. The van der Waals surface area contributed by atoms with Crippen molar-refractivity contribution in [3.63, 3.8) is 0 Å². The van der Waals surface area contributed by atoms with Crippen molar-refractivity contribution in [1.82, 2.24) is 15.0 Å². The van der Waals surface area contributed by atoms with Crippen molar-refractivity contribution in [2.24, 2.45) is 5.92 Å². The van der Waals surface area contributed by atoms with Gasteiger partial charge in [0.15, 0.2) is 0 Å². The molecule has 17 heavy (non-hydrogen) atoms. The Morgan fingerprint density at radius 1 is 1.35 bits per heavy atom. The molecule has 5 heteroatoms. The van der Waals surface area contributed by atoms with Crippen LogP contribution in [0.5, 0.6) is 0 Å². The van der Waals surface area contributed by atoms with Crippen LogP contribution in [0.15, 0.2) is 12.3 Å². The Kier molecular flexibility index (Phi) is 2.39. The molecule has 0 spiro atoms. The van der Waals surface area contributed by atoms with E-state index in [0.717, 1.165) is 35.9 Å². The van der Waals surface area contributed by atoms with Gasteiger partial charge in [-0.25, -0.2) is 0 Å². The fraction of sp³-hybridized carbons (Fsp3) is 0.500. The molecule has 1 saturated heterocycles. The smallest absolute Gasteiger partial charge is 0.223 e. The zero-order valence-electron chi connectivity index (χ0n) is 9.98. The van der Waals surface area contributed by atoms with Crippen molar-refractivity contribution >= 4 is 22.8 Å². The number of nitrogens with zero attached hydrogens (tertiary/aromatic N) is 3. The summed E-state index contributed by atoms with van der Waals surface area (Å²) < 4.78 is 0. The summed E-state index contributed by atoms with van der Waals surface area (Å²) in [5, 5.41) is 1.06. The standard InChI is InChI=1S/C12H17N5/c1-8-3-6-17(7-4-8)11-9-2-5-14-10(9)15-12(13)16-11/h2,5,8H,3-4,6-7H2,1H3,(H3,13,14,15,16). The van der Waals surface area contributed by atoms with E-state index >= 15 is 0 Å². The van der Waals surface area contributed by atoms with E-state index in [4.69, 9.17) is 5.73 Å². The van der Waals surface area contributed by atoms with Crippen LogP contribution in [-0.4, -0.2) is 28.0 Å². The van der Waals surface area contributed by atoms with Crippen LogP contribution < -0.4 is 10.6 Å². The molecule has 0 aromatic carbocycles. The van der Waals surface area contributed by atoms with Crippen LogP contribution in [0.25, 0.3) is 11.0 Å². The number of H-pyrrole nitrogens is 1. The monoisotopic (exact) mass is 231 g/mol. The van der Waals surface area contributed by atoms with Crippen molar-refractivity contribution < 1.29 is 0 Å². The van der Waals surface area contributed by atoms with E-state index < -0.39 is 0 Å². The zero-order valence-corrected chi connectivity index (χ0v) is 9.98. The van der Waals surface area contributed by atoms with E-state index in [1.807, 2.05) is 12.3 Å². The Morgan fingerprint density at radius 2 is 2.12 bits per heavy atom. The second-order valence-corrected chi connectivity index (χ2v) is 4.81. The molecule has 0 unspecified atom stereocenters. The second-order valence-electron chi connectivity index (χ2n) is 4.81. The number of nitrogens with two attached hydrogens (primary N) is 1. The maximum Gasteiger partial charge on any atom is 0.223 e. The van der Waals surface area contributed by atoms with Gasteiger partial charge in [-0.2, -0.15) is 9.97 Å². The Balaban J connectivity index is 2.01. The minimum absolute atomic E-state index is 0.341. The molecule has 0 bridgehead atoms. The number of aromatic amines is 1. The Hall–Kier alpha value is -1.78. The van der Waals surface area contributed by atoms with Gasteiger partial charge in [-0.15, -0.1) is 0 Å². The zero-order chi connectivity index (χ0) is 11.8. The summed E-state index contributed by atoms with van der Waals surface area (Å²) in [5.41, 5.74) is 6.57. The Morgan fingerprint density at radius 3 is 2.88 bits per heavy atom. The minimum Gasteiger partial charge on any atom is -0.368 e. The third kappa shape index (κ3) is 1.81. The van der Waals surface area contributed by atoms with Crippen LogP contribution >= 0.6 is 0 Å². The molecule has 0 aliphatic carbocycles. The summed E-state index contributed by atoms with van der Waals surface area (Å²) in [6.07, 6.45) is 4.32. The van der Waals surface area contributed by atoms with Crippen LogP contribution in [0.1, 0.15) is 19.8 Å². The predicted octanol–water partition coefficient (Wildman–Crippen LogP) is 1.78. The Bertz CT molecular complexity index is 525. The molecule has 1 fully saturated rings. The number of piperidine rings is 1. The number of rotatable bonds is 1. The fourth-order valence-electron chi connectivity index (χ4n) is 2.40. The van der Waals surface area contributed by atoms with Crippen molar-refractivity contribution in [2.75, 3.05) is 23.7 Å². The number of hydrogen-bond acceptors (Lipinski definition) is 4. The van der Waals surface area contributed by atoms with Crippen molar-refractivity contribution in [1.29, 1.82) is 0 Å². The predicted molar refractivity (Wildman–Crippen MR) is 68.9 cm³/mol. The fourth-order valence-corrected chi connectivity index (χ4v) is 2.40. The quantitative estimate of drug-likeness (QED) is 0.784. The van der Waals surface area contributed by atoms with Gasteiger partial charge in [0.1, 0.15) is 11.5 Å². The molecule has 3 N–H and O–H groups in total. The lowest BCUT2D eigenvalue weighted by Crippen LogP contribution is -2.33. The van der Waals surface area contributed by atoms with Crippen LogP contribution in [0, 0.1) is 5.92 Å². The lowest BCUT2D eigenvalue weighted by molar-refractivity contribution is 0.437. The molecule has 3 rings (SSSR count). The molecule has 90 valence electrons. The number of hydrogen-bond donors (Lipinski definition) is 2. The van der Waals surface area contributed by atoms with Gasteiger partial charge >= 0.3 is 0 Å². The van der Waals surface area contributed by atoms with Crippen molar-refractivity contribution in [3.8, 4) is 0 Å². The molecule has 0 amide bonds. The first-order valence-electron chi connectivity index (χ1n) is 6.09. The van der Waals surface area contributed by atoms with Gasteiger partial charge in [-0.3, -0.25) is 0 Å². The highest BCUT2D eigenvalue weighted by Crippen LogP contribution is 2.27. The molecule has 0 atom stereocenters. The molecular formula is C12H17N5. The van der Waals surface area contributed by atoms with Crippen LogP contribution in [0.2, 0.25) is 0 Å². The third-order valence-electron chi connectivity index (χ3n) is 3.50. The van der Waals surface area contributed by atoms with Crippen LogP contribution in [0.4, 0.5) is 11.8 Å². The third-order valence-corrected chi connectivity index (χ3v) is 3.50. The first kappa shape index (κ1) is 10.4. The van der Waals surface area contributed by atoms with Gasteiger partial charge in [0, 0.05) is 19.3 Å². The molecule has 2 aromatic rings. The highest BCUT2D eigenvalue weighted by atomic mass is 15.2. The lowest BCUT2D eigenvalue weighted by atomic mass is 9.99.